The van der Waals surface area contributed by atoms with Gasteiger partial charge in [-0.2, -0.15) is 0 Å². The van der Waals surface area contributed by atoms with Crippen LogP contribution in [0.2, 0.25) is 0 Å². The Morgan fingerprint density at radius 1 is 0.955 bits per heavy atom. The van der Waals surface area contributed by atoms with Crippen molar-refractivity contribution < 1.29 is 23.8 Å². The number of piperidine rings is 1. The van der Waals surface area contributed by atoms with Gasteiger partial charge in [0, 0.05) is 57.8 Å². The van der Waals surface area contributed by atoms with Gasteiger partial charge in [-0.25, -0.2) is 4.79 Å². The summed E-state index contributed by atoms with van der Waals surface area (Å²) in [7, 11) is 1.69. The monoisotopic (exact) mass is 597 g/mol. The van der Waals surface area contributed by atoms with Gasteiger partial charge in [-0.1, -0.05) is 60.7 Å². The fourth-order valence-electron chi connectivity index (χ4n) is 6.64. The van der Waals surface area contributed by atoms with Crippen molar-refractivity contribution in [3.05, 3.63) is 89.0 Å². The molecule has 0 aromatic heterocycles. The van der Waals surface area contributed by atoms with Crippen LogP contribution in [0.15, 0.2) is 66.7 Å². The molecule has 2 N–H and O–H groups in total. The van der Waals surface area contributed by atoms with Gasteiger partial charge in [0.15, 0.2) is 0 Å². The molecule has 2 fully saturated rings. The SMILES string of the molecule is COCCCOc1cc(CN(C(=O)C2CC(N)CN(C(=O)OCC3c4ccccc4-c4ccccc43)C2)C2CC2)ccc1C. The minimum atomic E-state index is -0.411. The number of likely N-dealkylation sites (tertiary alicyclic amines) is 1. The maximum Gasteiger partial charge on any atom is 0.409 e. The standard InChI is InChI=1S/C36H43N3O5/c1-24-12-13-25(18-34(24)43-17-7-16-42-2)20-39(28-14-15-28)35(40)26-19-27(37)22-38(21-26)36(41)44-23-33-31-10-5-3-8-29(31)30-9-4-6-11-32(30)33/h3-6,8-13,18,26-28,33H,7,14-17,19-23,37H2,1-2H3. The number of rotatable bonds is 11. The maximum atomic E-state index is 14.0. The predicted molar refractivity (Wildman–Crippen MR) is 169 cm³/mol. The van der Waals surface area contributed by atoms with Crippen molar-refractivity contribution in [1.82, 2.24) is 9.80 Å². The highest BCUT2D eigenvalue weighted by molar-refractivity contribution is 5.81. The first-order valence-electron chi connectivity index (χ1n) is 15.8. The number of aryl methyl sites for hydroxylation is 1. The van der Waals surface area contributed by atoms with Gasteiger partial charge in [-0.15, -0.1) is 0 Å². The molecule has 3 aromatic carbocycles. The van der Waals surface area contributed by atoms with Gasteiger partial charge in [0.25, 0.3) is 0 Å². The summed E-state index contributed by atoms with van der Waals surface area (Å²) >= 11 is 0. The lowest BCUT2D eigenvalue weighted by Gasteiger charge is -2.37. The van der Waals surface area contributed by atoms with E-state index >= 15 is 0 Å². The van der Waals surface area contributed by atoms with Crippen molar-refractivity contribution in [2.24, 2.45) is 11.7 Å². The molecule has 6 rings (SSSR count). The molecule has 232 valence electrons. The minimum Gasteiger partial charge on any atom is -0.493 e. The molecule has 2 aliphatic carbocycles. The zero-order chi connectivity index (χ0) is 30.6. The lowest BCUT2D eigenvalue weighted by molar-refractivity contribution is -0.138. The minimum absolute atomic E-state index is 0.0176. The Balaban J connectivity index is 1.10. The number of carbonyl (C=O) groups excluding carboxylic acids is 2. The molecule has 2 unspecified atom stereocenters. The molecule has 8 nitrogen and oxygen atoms in total. The number of benzene rings is 3. The van der Waals surface area contributed by atoms with Crippen molar-refractivity contribution in [3.8, 4) is 16.9 Å². The van der Waals surface area contributed by atoms with E-state index in [-0.39, 0.29) is 36.4 Å². The van der Waals surface area contributed by atoms with E-state index in [2.05, 4.69) is 30.3 Å². The van der Waals surface area contributed by atoms with Gasteiger partial charge in [0.05, 0.1) is 12.5 Å². The molecule has 3 aromatic rings. The fraction of sp³-hybridized carbons (Fsp3) is 0.444. The van der Waals surface area contributed by atoms with E-state index in [1.807, 2.05) is 48.2 Å². The molecule has 3 aliphatic rings. The van der Waals surface area contributed by atoms with Crippen LogP contribution in [0.1, 0.15) is 53.9 Å². The van der Waals surface area contributed by atoms with Crippen molar-refractivity contribution in [2.75, 3.05) is 40.0 Å². The highest BCUT2D eigenvalue weighted by Crippen LogP contribution is 2.44. The van der Waals surface area contributed by atoms with Crippen LogP contribution in [-0.4, -0.2) is 73.9 Å². The summed E-state index contributed by atoms with van der Waals surface area (Å²) in [4.78, 5) is 31.0. The third-order valence-corrected chi connectivity index (χ3v) is 9.05. The number of hydrogen-bond donors (Lipinski definition) is 1. The number of hydrogen-bond acceptors (Lipinski definition) is 6. The van der Waals surface area contributed by atoms with E-state index in [1.54, 1.807) is 12.0 Å². The zero-order valence-corrected chi connectivity index (χ0v) is 25.7. The van der Waals surface area contributed by atoms with Gasteiger partial charge in [0.1, 0.15) is 12.4 Å². The summed E-state index contributed by atoms with van der Waals surface area (Å²) in [5.41, 5.74) is 13.3. The van der Waals surface area contributed by atoms with Crippen LogP contribution in [0.5, 0.6) is 5.75 Å². The summed E-state index contributed by atoms with van der Waals surface area (Å²) in [6.07, 6.45) is 2.94. The van der Waals surface area contributed by atoms with Crippen LogP contribution in [0.3, 0.4) is 0 Å². The molecule has 1 heterocycles. The van der Waals surface area contributed by atoms with Crippen LogP contribution in [0.4, 0.5) is 4.79 Å². The Morgan fingerprint density at radius 2 is 1.66 bits per heavy atom. The van der Waals surface area contributed by atoms with Crippen molar-refractivity contribution in [2.45, 2.75) is 57.2 Å². The summed E-state index contributed by atoms with van der Waals surface area (Å²) < 4.78 is 17.1. The summed E-state index contributed by atoms with van der Waals surface area (Å²) in [5, 5.41) is 0. The number of ether oxygens (including phenoxy) is 3. The Labute approximate surface area is 260 Å². The van der Waals surface area contributed by atoms with E-state index in [0.29, 0.717) is 39.3 Å². The van der Waals surface area contributed by atoms with E-state index < -0.39 is 6.09 Å². The fourth-order valence-corrected chi connectivity index (χ4v) is 6.64. The maximum absolute atomic E-state index is 14.0. The van der Waals surface area contributed by atoms with Crippen LogP contribution in [0.25, 0.3) is 11.1 Å². The molecule has 44 heavy (non-hydrogen) atoms. The molecular formula is C36H43N3O5. The van der Waals surface area contributed by atoms with Crippen molar-refractivity contribution >= 4 is 12.0 Å². The molecule has 2 amide bonds. The number of methoxy groups -OCH3 is 1. The van der Waals surface area contributed by atoms with Gasteiger partial charge < -0.3 is 29.7 Å². The van der Waals surface area contributed by atoms with Crippen molar-refractivity contribution in [3.63, 3.8) is 0 Å². The number of amides is 2. The Hall–Kier alpha value is -3.88. The Kier molecular flexibility index (Phi) is 9.19. The average molecular weight is 598 g/mol. The second-order valence-corrected chi connectivity index (χ2v) is 12.4. The molecular weight excluding hydrogens is 554 g/mol. The number of nitrogens with two attached hydrogens (primary N) is 1. The first-order valence-corrected chi connectivity index (χ1v) is 15.8. The summed E-state index contributed by atoms with van der Waals surface area (Å²) in [6.45, 7) is 4.71. The Morgan fingerprint density at radius 3 is 2.34 bits per heavy atom. The molecule has 0 bridgehead atoms. The first kappa shape index (κ1) is 30.2. The highest BCUT2D eigenvalue weighted by atomic mass is 16.6. The topological polar surface area (TPSA) is 94.3 Å². The van der Waals surface area contributed by atoms with E-state index in [1.165, 1.54) is 22.3 Å². The largest absolute Gasteiger partial charge is 0.493 e. The molecule has 1 saturated heterocycles. The zero-order valence-electron chi connectivity index (χ0n) is 25.7. The van der Waals surface area contributed by atoms with Crippen molar-refractivity contribution in [1.29, 1.82) is 0 Å². The van der Waals surface area contributed by atoms with E-state index in [0.717, 1.165) is 36.1 Å². The van der Waals surface area contributed by atoms with E-state index in [4.69, 9.17) is 19.9 Å². The van der Waals surface area contributed by atoms with Crippen LogP contribution in [0, 0.1) is 12.8 Å². The van der Waals surface area contributed by atoms with E-state index in [9.17, 15) is 9.59 Å². The highest BCUT2D eigenvalue weighted by Gasteiger charge is 2.40. The second kappa shape index (κ2) is 13.4. The average Bonchev–Trinajstić information content (AvgIpc) is 3.83. The first-order chi connectivity index (χ1) is 21.4. The lowest BCUT2D eigenvalue weighted by Crippen LogP contribution is -2.54. The third kappa shape index (κ3) is 6.61. The number of carbonyl (C=O) groups is 2. The normalized spacial score (nSPS) is 19.3. The summed E-state index contributed by atoms with van der Waals surface area (Å²) in [5.74, 6) is 0.510. The molecule has 0 spiro atoms. The predicted octanol–water partition coefficient (Wildman–Crippen LogP) is 5.50. The number of nitrogens with zero attached hydrogens (tertiary/aromatic N) is 2. The molecule has 1 saturated carbocycles. The quantitative estimate of drug-likeness (QED) is 0.294. The van der Waals surface area contributed by atoms with Crippen LogP contribution < -0.4 is 10.5 Å². The lowest BCUT2D eigenvalue weighted by atomic mass is 9.93. The smallest absolute Gasteiger partial charge is 0.409 e. The molecule has 8 heteroatoms. The van der Waals surface area contributed by atoms with Crippen LogP contribution in [-0.2, 0) is 20.8 Å². The van der Waals surface area contributed by atoms with Gasteiger partial charge in [-0.3, -0.25) is 4.79 Å². The molecule has 1 aliphatic heterocycles. The van der Waals surface area contributed by atoms with Crippen LogP contribution >= 0.6 is 0 Å². The Bertz CT molecular complexity index is 1440. The van der Waals surface area contributed by atoms with Gasteiger partial charge >= 0.3 is 6.09 Å². The summed E-state index contributed by atoms with van der Waals surface area (Å²) in [6, 6.07) is 22.7. The van der Waals surface area contributed by atoms with Gasteiger partial charge in [-0.05, 0) is 65.6 Å². The second-order valence-electron chi connectivity index (χ2n) is 12.4. The number of fused-ring (bicyclic) bond motifs is 3. The molecule has 2 atom stereocenters. The molecule has 0 radical (unpaired) electrons. The third-order valence-electron chi connectivity index (χ3n) is 9.05. The van der Waals surface area contributed by atoms with Gasteiger partial charge in [0.2, 0.25) is 5.91 Å².